The predicted octanol–water partition coefficient (Wildman–Crippen LogP) is 5.90. The number of carbonyl (C=O) groups is 2. The fourth-order valence-corrected chi connectivity index (χ4v) is 6.87. The van der Waals surface area contributed by atoms with Crippen LogP contribution < -0.4 is 5.32 Å². The SMILES string of the molecule is COC(=O)CCc1ccc(F)cc1CC1C2CCC(O2)C1c1nc(C(=O)NCCCCC2CCCCC2)co1. The van der Waals surface area contributed by atoms with E-state index in [2.05, 4.69) is 10.3 Å². The van der Waals surface area contributed by atoms with Crippen molar-refractivity contribution in [3.63, 3.8) is 0 Å². The molecule has 3 fully saturated rings. The summed E-state index contributed by atoms with van der Waals surface area (Å²) < 4.78 is 31.1. The molecule has 1 aromatic carbocycles. The van der Waals surface area contributed by atoms with Gasteiger partial charge in [0.15, 0.2) is 5.69 Å². The fraction of sp³-hybridized carbons (Fsp3) is 0.645. The van der Waals surface area contributed by atoms with Crippen LogP contribution in [0.25, 0.3) is 0 Å². The molecule has 212 valence electrons. The number of amides is 1. The maximum atomic E-state index is 14.2. The molecule has 1 saturated carbocycles. The minimum atomic E-state index is -0.304. The first-order valence-electron chi connectivity index (χ1n) is 14.7. The predicted molar refractivity (Wildman–Crippen MR) is 144 cm³/mol. The van der Waals surface area contributed by atoms with E-state index in [0.29, 0.717) is 31.0 Å². The number of carbonyl (C=O) groups excluding carboxylic acids is 2. The van der Waals surface area contributed by atoms with Crippen molar-refractivity contribution in [3.8, 4) is 0 Å². The van der Waals surface area contributed by atoms with E-state index in [1.807, 2.05) is 0 Å². The molecule has 2 aliphatic heterocycles. The summed E-state index contributed by atoms with van der Waals surface area (Å²) in [4.78, 5) is 29.1. The molecule has 7 nitrogen and oxygen atoms in total. The molecule has 8 heteroatoms. The van der Waals surface area contributed by atoms with Crippen LogP contribution in [0.4, 0.5) is 4.39 Å². The Kier molecular flexibility index (Phi) is 9.32. The summed E-state index contributed by atoms with van der Waals surface area (Å²) in [5.41, 5.74) is 2.09. The zero-order valence-electron chi connectivity index (χ0n) is 23.0. The summed E-state index contributed by atoms with van der Waals surface area (Å²) in [6.45, 7) is 0.640. The summed E-state index contributed by atoms with van der Waals surface area (Å²) in [5, 5.41) is 3.00. The molecular formula is C31H41FN2O5. The summed E-state index contributed by atoms with van der Waals surface area (Å²) in [6.07, 6.45) is 14.8. The molecule has 4 atom stereocenters. The van der Waals surface area contributed by atoms with E-state index in [1.165, 1.54) is 58.0 Å². The molecule has 2 saturated heterocycles. The van der Waals surface area contributed by atoms with Crippen LogP contribution in [-0.4, -0.2) is 42.7 Å². The highest BCUT2D eigenvalue weighted by atomic mass is 19.1. The number of unbranched alkanes of at least 4 members (excludes halogenated alkanes) is 1. The Labute approximate surface area is 230 Å². The van der Waals surface area contributed by atoms with Gasteiger partial charge < -0.3 is 19.2 Å². The number of nitrogens with zero attached hydrogens (tertiary/aromatic N) is 1. The van der Waals surface area contributed by atoms with Gasteiger partial charge in [-0.25, -0.2) is 9.37 Å². The maximum absolute atomic E-state index is 14.2. The van der Waals surface area contributed by atoms with Gasteiger partial charge in [-0.3, -0.25) is 9.59 Å². The Hall–Kier alpha value is -2.74. The molecule has 4 unspecified atom stereocenters. The lowest BCUT2D eigenvalue weighted by Gasteiger charge is -2.26. The molecule has 5 rings (SSSR count). The molecule has 1 amide bonds. The van der Waals surface area contributed by atoms with Crippen LogP contribution in [0.1, 0.15) is 104 Å². The van der Waals surface area contributed by atoms with Crippen molar-refractivity contribution >= 4 is 11.9 Å². The van der Waals surface area contributed by atoms with Gasteiger partial charge in [0.1, 0.15) is 12.1 Å². The minimum Gasteiger partial charge on any atom is -0.469 e. The second kappa shape index (κ2) is 13.1. The second-order valence-electron chi connectivity index (χ2n) is 11.5. The third kappa shape index (κ3) is 6.89. The van der Waals surface area contributed by atoms with Crippen LogP contribution >= 0.6 is 0 Å². The normalized spacial score (nSPS) is 24.7. The van der Waals surface area contributed by atoms with Crippen LogP contribution in [0.5, 0.6) is 0 Å². The van der Waals surface area contributed by atoms with Crippen LogP contribution in [0.3, 0.4) is 0 Å². The molecule has 1 N–H and O–H groups in total. The van der Waals surface area contributed by atoms with Gasteiger partial charge in [0, 0.05) is 18.9 Å². The lowest BCUT2D eigenvalue weighted by atomic mass is 9.75. The number of hydrogen-bond acceptors (Lipinski definition) is 6. The largest absolute Gasteiger partial charge is 0.469 e. The van der Waals surface area contributed by atoms with Gasteiger partial charge in [-0.2, -0.15) is 0 Å². The Morgan fingerprint density at radius 3 is 2.72 bits per heavy atom. The van der Waals surface area contributed by atoms with Crippen molar-refractivity contribution in [3.05, 3.63) is 53.0 Å². The number of rotatable bonds is 12. The number of ether oxygens (including phenoxy) is 2. The van der Waals surface area contributed by atoms with E-state index in [9.17, 15) is 14.0 Å². The van der Waals surface area contributed by atoms with E-state index in [-0.39, 0.29) is 48.2 Å². The fourth-order valence-electron chi connectivity index (χ4n) is 6.87. The number of hydrogen-bond donors (Lipinski definition) is 1. The topological polar surface area (TPSA) is 90.7 Å². The number of benzene rings is 1. The highest BCUT2D eigenvalue weighted by Crippen LogP contribution is 2.50. The van der Waals surface area contributed by atoms with Gasteiger partial charge in [0.05, 0.1) is 25.2 Å². The Morgan fingerprint density at radius 2 is 1.90 bits per heavy atom. The molecule has 3 heterocycles. The third-order valence-corrected chi connectivity index (χ3v) is 8.96. The molecule has 1 aliphatic carbocycles. The molecule has 3 aliphatic rings. The van der Waals surface area contributed by atoms with Gasteiger partial charge >= 0.3 is 5.97 Å². The zero-order chi connectivity index (χ0) is 27.2. The molecule has 0 spiro atoms. The number of aryl methyl sites for hydroxylation is 1. The number of oxazole rings is 1. The lowest BCUT2D eigenvalue weighted by Crippen LogP contribution is -2.28. The second-order valence-corrected chi connectivity index (χ2v) is 11.5. The van der Waals surface area contributed by atoms with Crippen LogP contribution in [-0.2, 0) is 27.1 Å². The summed E-state index contributed by atoms with van der Waals surface area (Å²) in [5.74, 6) is 0.526. The third-order valence-electron chi connectivity index (χ3n) is 8.96. The lowest BCUT2D eigenvalue weighted by molar-refractivity contribution is -0.140. The Morgan fingerprint density at radius 1 is 1.08 bits per heavy atom. The monoisotopic (exact) mass is 540 g/mol. The first kappa shape index (κ1) is 27.8. The molecule has 2 aromatic rings. The van der Waals surface area contributed by atoms with Gasteiger partial charge in [-0.05, 0) is 61.3 Å². The number of nitrogens with one attached hydrogen (secondary N) is 1. The maximum Gasteiger partial charge on any atom is 0.305 e. The highest BCUT2D eigenvalue weighted by molar-refractivity contribution is 5.91. The molecule has 39 heavy (non-hydrogen) atoms. The van der Waals surface area contributed by atoms with Crippen LogP contribution in [0.2, 0.25) is 0 Å². The first-order chi connectivity index (χ1) is 19.0. The zero-order valence-corrected chi connectivity index (χ0v) is 23.0. The number of halogens is 1. The van der Waals surface area contributed by atoms with E-state index >= 15 is 0 Å². The van der Waals surface area contributed by atoms with Crippen molar-refractivity contribution in [1.82, 2.24) is 10.3 Å². The molecular weight excluding hydrogens is 499 g/mol. The molecule has 1 aromatic heterocycles. The molecule has 0 radical (unpaired) electrons. The minimum absolute atomic E-state index is 0.0265. The summed E-state index contributed by atoms with van der Waals surface area (Å²) in [7, 11) is 1.37. The average molecular weight is 541 g/mol. The van der Waals surface area contributed by atoms with E-state index in [1.54, 1.807) is 12.1 Å². The van der Waals surface area contributed by atoms with Gasteiger partial charge in [-0.1, -0.05) is 51.0 Å². The Bertz CT molecular complexity index is 1130. The van der Waals surface area contributed by atoms with Crippen LogP contribution in [0, 0.1) is 17.7 Å². The highest BCUT2D eigenvalue weighted by Gasteiger charge is 2.51. The van der Waals surface area contributed by atoms with Crippen LogP contribution in [0.15, 0.2) is 28.9 Å². The van der Waals surface area contributed by atoms with Crippen molar-refractivity contribution < 1.29 is 27.9 Å². The summed E-state index contributed by atoms with van der Waals surface area (Å²) >= 11 is 0. The number of methoxy groups -OCH3 is 1. The van der Waals surface area contributed by atoms with Crippen molar-refractivity contribution in [1.29, 1.82) is 0 Å². The Balaban J connectivity index is 1.19. The van der Waals surface area contributed by atoms with Crippen molar-refractivity contribution in [2.45, 2.75) is 102 Å². The van der Waals surface area contributed by atoms with Crippen molar-refractivity contribution in [2.75, 3.05) is 13.7 Å². The number of aromatic nitrogens is 1. The summed E-state index contributed by atoms with van der Waals surface area (Å²) in [6, 6.07) is 4.73. The quantitative estimate of drug-likeness (QED) is 0.266. The number of esters is 1. The van der Waals surface area contributed by atoms with Gasteiger partial charge in [0.25, 0.3) is 5.91 Å². The van der Waals surface area contributed by atoms with Crippen molar-refractivity contribution in [2.24, 2.45) is 11.8 Å². The van der Waals surface area contributed by atoms with Gasteiger partial charge in [-0.15, -0.1) is 0 Å². The number of fused-ring (bicyclic) bond motifs is 2. The van der Waals surface area contributed by atoms with Gasteiger partial charge in [0.2, 0.25) is 5.89 Å². The standard InChI is InChI=1S/C31H41FN2O5/c1-37-28(35)15-11-21-10-12-23(32)17-22(21)18-24-26-13-14-27(39-26)29(24)31-34-25(19-38-31)30(36)33-16-6-5-9-20-7-3-2-4-8-20/h10,12,17,19-20,24,26-27,29H,2-9,11,13-16,18H2,1H3,(H,33,36). The van der Waals surface area contributed by atoms with E-state index in [4.69, 9.17) is 13.9 Å². The van der Waals surface area contributed by atoms with E-state index in [0.717, 1.165) is 42.7 Å². The van der Waals surface area contributed by atoms with E-state index < -0.39 is 0 Å². The molecule has 2 bridgehead atoms. The first-order valence-corrected chi connectivity index (χ1v) is 14.7. The smallest absolute Gasteiger partial charge is 0.305 e. The average Bonchev–Trinajstić information content (AvgIpc) is 3.70.